The maximum atomic E-state index is 13.5. The second kappa shape index (κ2) is 5.55. The Morgan fingerprint density at radius 3 is 2.76 bits per heavy atom. The van der Waals surface area contributed by atoms with Gasteiger partial charge in [0.15, 0.2) is 0 Å². The van der Waals surface area contributed by atoms with Gasteiger partial charge in [-0.2, -0.15) is 13.2 Å². The maximum absolute atomic E-state index is 13.5. The van der Waals surface area contributed by atoms with Crippen molar-refractivity contribution in [3.05, 3.63) is 42.5 Å². The zero-order chi connectivity index (χ0) is 15.6. The summed E-state index contributed by atoms with van der Waals surface area (Å²) in [7, 11) is 0. The highest BCUT2D eigenvalue weighted by molar-refractivity contribution is 6.04. The Balaban J connectivity index is 2.43. The minimum absolute atomic E-state index is 0.123. The molecule has 1 aromatic carbocycles. The molecule has 0 saturated heterocycles. The molecule has 21 heavy (non-hydrogen) atoms. The molecule has 1 aromatic heterocycles. The van der Waals surface area contributed by atoms with Crippen molar-refractivity contribution in [2.24, 2.45) is 0 Å². The van der Waals surface area contributed by atoms with Crippen LogP contribution in [-0.4, -0.2) is 40.0 Å². The molecule has 2 aromatic rings. The SMILES string of the molecule is C=CCN(CC(F)(F)F)C(=O)c1cc(F)cc2[nH]cnc12. The number of alkyl halides is 3. The van der Waals surface area contributed by atoms with Crippen molar-refractivity contribution in [1.82, 2.24) is 14.9 Å². The number of aromatic amines is 1. The topological polar surface area (TPSA) is 49.0 Å². The van der Waals surface area contributed by atoms with Gasteiger partial charge in [-0.1, -0.05) is 6.08 Å². The number of nitrogens with zero attached hydrogens (tertiary/aromatic N) is 2. The maximum Gasteiger partial charge on any atom is 0.406 e. The number of rotatable bonds is 4. The van der Waals surface area contributed by atoms with Crippen LogP contribution in [-0.2, 0) is 0 Å². The van der Waals surface area contributed by atoms with Gasteiger partial charge in [0, 0.05) is 6.54 Å². The Hall–Kier alpha value is -2.38. The fraction of sp³-hybridized carbons (Fsp3) is 0.231. The average Bonchev–Trinajstić information content (AvgIpc) is 2.82. The van der Waals surface area contributed by atoms with Crippen LogP contribution in [0.25, 0.3) is 11.0 Å². The van der Waals surface area contributed by atoms with Crippen molar-refractivity contribution in [3.8, 4) is 0 Å². The third kappa shape index (κ3) is 3.39. The molecule has 112 valence electrons. The number of aromatic nitrogens is 2. The van der Waals surface area contributed by atoms with Crippen molar-refractivity contribution < 1.29 is 22.4 Å². The summed E-state index contributed by atoms with van der Waals surface area (Å²) in [6, 6.07) is 1.98. The minimum atomic E-state index is -4.56. The van der Waals surface area contributed by atoms with Gasteiger partial charge in [-0.05, 0) is 12.1 Å². The highest BCUT2D eigenvalue weighted by Crippen LogP contribution is 2.22. The second-order valence-electron chi connectivity index (χ2n) is 4.34. The van der Waals surface area contributed by atoms with E-state index >= 15 is 0 Å². The summed E-state index contributed by atoms with van der Waals surface area (Å²) >= 11 is 0. The standard InChI is InChI=1S/C13H11F4N3O/c1-2-3-20(6-13(15,16)17)12(21)9-4-8(14)5-10-11(9)19-7-18-10/h2,4-5,7H,1,3,6H2,(H,18,19). The van der Waals surface area contributed by atoms with Gasteiger partial charge in [0.1, 0.15) is 17.9 Å². The summed E-state index contributed by atoms with van der Waals surface area (Å²) in [6.45, 7) is 1.57. The quantitative estimate of drug-likeness (QED) is 0.697. The largest absolute Gasteiger partial charge is 0.406 e. The second-order valence-corrected chi connectivity index (χ2v) is 4.34. The van der Waals surface area contributed by atoms with Crippen LogP contribution in [0.2, 0.25) is 0 Å². The molecular weight excluding hydrogens is 290 g/mol. The first kappa shape index (κ1) is 15.0. The van der Waals surface area contributed by atoms with E-state index in [1.807, 2.05) is 0 Å². The third-order valence-electron chi connectivity index (χ3n) is 2.73. The van der Waals surface area contributed by atoms with Crippen LogP contribution in [0.1, 0.15) is 10.4 Å². The molecule has 0 atom stereocenters. The molecular formula is C13H11F4N3O. The number of carbonyl (C=O) groups excluding carboxylic acids is 1. The average molecular weight is 301 g/mol. The first-order chi connectivity index (χ1) is 9.81. The molecule has 0 aliphatic rings. The van der Waals surface area contributed by atoms with Gasteiger partial charge < -0.3 is 9.88 Å². The molecule has 0 fully saturated rings. The molecule has 0 aliphatic carbocycles. The van der Waals surface area contributed by atoms with Gasteiger partial charge in [-0.15, -0.1) is 6.58 Å². The molecule has 2 rings (SSSR count). The van der Waals surface area contributed by atoms with Gasteiger partial charge in [-0.25, -0.2) is 9.37 Å². The number of benzene rings is 1. The molecule has 0 unspecified atom stereocenters. The van der Waals surface area contributed by atoms with Gasteiger partial charge in [0.25, 0.3) is 5.91 Å². The fourth-order valence-electron chi connectivity index (χ4n) is 1.94. The van der Waals surface area contributed by atoms with E-state index in [2.05, 4.69) is 16.5 Å². The number of H-pyrrole nitrogens is 1. The Morgan fingerprint density at radius 1 is 1.43 bits per heavy atom. The number of halogens is 4. The van der Waals surface area contributed by atoms with E-state index in [-0.39, 0.29) is 23.1 Å². The number of imidazole rings is 1. The molecule has 4 nitrogen and oxygen atoms in total. The van der Waals surface area contributed by atoms with E-state index in [0.29, 0.717) is 4.90 Å². The summed E-state index contributed by atoms with van der Waals surface area (Å²) in [5, 5.41) is 0. The lowest BCUT2D eigenvalue weighted by molar-refractivity contribution is -0.139. The van der Waals surface area contributed by atoms with Crippen LogP contribution in [0.4, 0.5) is 17.6 Å². The normalized spacial score (nSPS) is 11.6. The molecule has 1 amide bonds. The Kier molecular flexibility index (Phi) is 3.97. The van der Waals surface area contributed by atoms with Gasteiger partial charge >= 0.3 is 6.18 Å². The van der Waals surface area contributed by atoms with Crippen molar-refractivity contribution in [1.29, 1.82) is 0 Å². The molecule has 0 bridgehead atoms. The monoisotopic (exact) mass is 301 g/mol. The van der Waals surface area contributed by atoms with E-state index < -0.39 is 24.4 Å². The van der Waals surface area contributed by atoms with Gasteiger partial charge in [0.05, 0.1) is 17.4 Å². The van der Waals surface area contributed by atoms with Crippen molar-refractivity contribution in [2.75, 3.05) is 13.1 Å². The molecule has 0 radical (unpaired) electrons. The van der Waals surface area contributed by atoms with Gasteiger partial charge in [-0.3, -0.25) is 4.79 Å². The summed E-state index contributed by atoms with van der Waals surface area (Å²) in [5.41, 5.74) is 0.138. The summed E-state index contributed by atoms with van der Waals surface area (Å²) in [4.78, 5) is 19.2. The lowest BCUT2D eigenvalue weighted by Crippen LogP contribution is -2.39. The number of amides is 1. The van der Waals surface area contributed by atoms with Crippen molar-refractivity contribution in [3.63, 3.8) is 0 Å². The van der Waals surface area contributed by atoms with E-state index in [1.165, 1.54) is 12.4 Å². The zero-order valence-corrected chi connectivity index (χ0v) is 10.7. The molecule has 0 spiro atoms. The molecule has 1 heterocycles. The van der Waals surface area contributed by atoms with Crippen LogP contribution in [0.3, 0.4) is 0 Å². The molecule has 0 aliphatic heterocycles. The van der Waals surface area contributed by atoms with Crippen LogP contribution in [0.5, 0.6) is 0 Å². The summed E-state index contributed by atoms with van der Waals surface area (Å²) in [5.74, 6) is -1.69. The lowest BCUT2D eigenvalue weighted by atomic mass is 10.1. The minimum Gasteiger partial charge on any atom is -0.344 e. The number of hydrogen-bond donors (Lipinski definition) is 1. The smallest absolute Gasteiger partial charge is 0.344 e. The first-order valence-electron chi connectivity index (χ1n) is 5.91. The van der Waals surface area contributed by atoms with Crippen LogP contribution >= 0.6 is 0 Å². The van der Waals surface area contributed by atoms with Crippen molar-refractivity contribution >= 4 is 16.9 Å². The van der Waals surface area contributed by atoms with Crippen LogP contribution < -0.4 is 0 Å². The molecule has 1 N–H and O–H groups in total. The van der Waals surface area contributed by atoms with Crippen LogP contribution in [0, 0.1) is 5.82 Å². The predicted octanol–water partition coefficient (Wildman–Crippen LogP) is 2.89. The number of nitrogens with one attached hydrogen (secondary N) is 1. The number of carbonyl (C=O) groups is 1. The highest BCUT2D eigenvalue weighted by Gasteiger charge is 2.33. The third-order valence-corrected chi connectivity index (χ3v) is 2.73. The van der Waals surface area contributed by atoms with E-state index in [4.69, 9.17) is 0 Å². The highest BCUT2D eigenvalue weighted by atomic mass is 19.4. The van der Waals surface area contributed by atoms with Gasteiger partial charge in [0.2, 0.25) is 0 Å². The fourth-order valence-corrected chi connectivity index (χ4v) is 1.94. The van der Waals surface area contributed by atoms with E-state index in [1.54, 1.807) is 0 Å². The Bertz CT molecular complexity index is 678. The molecule has 0 saturated carbocycles. The Labute approximate surface area is 117 Å². The number of hydrogen-bond acceptors (Lipinski definition) is 2. The molecule has 8 heteroatoms. The Morgan fingerprint density at radius 2 is 2.14 bits per heavy atom. The summed E-state index contributed by atoms with van der Waals surface area (Å²) in [6.07, 6.45) is -2.15. The van der Waals surface area contributed by atoms with E-state index in [9.17, 15) is 22.4 Å². The predicted molar refractivity (Wildman–Crippen MR) is 68.2 cm³/mol. The first-order valence-corrected chi connectivity index (χ1v) is 5.91. The summed E-state index contributed by atoms with van der Waals surface area (Å²) < 4.78 is 51.0. The van der Waals surface area contributed by atoms with E-state index in [0.717, 1.165) is 12.1 Å². The number of fused-ring (bicyclic) bond motifs is 1. The van der Waals surface area contributed by atoms with Crippen molar-refractivity contribution in [2.45, 2.75) is 6.18 Å². The van der Waals surface area contributed by atoms with Crippen LogP contribution in [0.15, 0.2) is 31.1 Å². The zero-order valence-electron chi connectivity index (χ0n) is 10.7. The lowest BCUT2D eigenvalue weighted by Gasteiger charge is -2.22.